The maximum Gasteiger partial charge on any atom is 0.233 e. The fourth-order valence-corrected chi connectivity index (χ4v) is 3.58. The minimum Gasteiger partial charge on any atom is -0.358 e. The lowest BCUT2D eigenvalue weighted by molar-refractivity contribution is -0.124. The molecule has 1 heterocycles. The number of nitrogens with zero attached hydrogens (tertiary/aromatic N) is 1. The standard InChI is InChI=1S/C19H27N3O2/c1-13-4-3-5-14(10-13)16-11-17(16)19(24)21-15-6-8-22(9-7-15)12-18(23)20-2/h3-5,10,15-17H,6-9,11-12H2,1-2H3,(H,20,23)(H,21,24)/t16-,17-/m0/s1. The number of hydrogen-bond donors (Lipinski definition) is 2. The van der Waals surface area contributed by atoms with Crippen LogP contribution in [0.1, 0.15) is 36.3 Å². The van der Waals surface area contributed by atoms with Crippen molar-refractivity contribution in [3.8, 4) is 0 Å². The van der Waals surface area contributed by atoms with Crippen molar-refractivity contribution in [3.63, 3.8) is 0 Å². The largest absolute Gasteiger partial charge is 0.358 e. The number of likely N-dealkylation sites (N-methyl/N-ethyl adjacent to an activating group) is 1. The van der Waals surface area contributed by atoms with Gasteiger partial charge in [-0.2, -0.15) is 0 Å². The van der Waals surface area contributed by atoms with E-state index in [9.17, 15) is 9.59 Å². The molecule has 3 rings (SSSR count). The van der Waals surface area contributed by atoms with Crippen LogP contribution in [0.2, 0.25) is 0 Å². The van der Waals surface area contributed by atoms with Crippen LogP contribution in [0.3, 0.4) is 0 Å². The minimum absolute atomic E-state index is 0.0523. The lowest BCUT2D eigenvalue weighted by Gasteiger charge is -2.31. The molecule has 0 unspecified atom stereocenters. The average molecular weight is 329 g/mol. The minimum atomic E-state index is 0.0523. The number of rotatable bonds is 5. The Morgan fingerprint density at radius 3 is 2.67 bits per heavy atom. The topological polar surface area (TPSA) is 61.4 Å². The molecule has 2 fully saturated rings. The Bertz CT molecular complexity index is 608. The van der Waals surface area contributed by atoms with Gasteiger partial charge in [-0.05, 0) is 37.7 Å². The van der Waals surface area contributed by atoms with Crippen LogP contribution in [0.15, 0.2) is 24.3 Å². The van der Waals surface area contributed by atoms with Crippen LogP contribution in [0.4, 0.5) is 0 Å². The Kier molecular flexibility index (Phi) is 5.19. The Labute approximate surface area is 143 Å². The zero-order valence-electron chi connectivity index (χ0n) is 14.5. The number of likely N-dealkylation sites (tertiary alicyclic amines) is 1. The molecule has 24 heavy (non-hydrogen) atoms. The zero-order chi connectivity index (χ0) is 17.1. The van der Waals surface area contributed by atoms with Crippen LogP contribution in [0.25, 0.3) is 0 Å². The van der Waals surface area contributed by atoms with Crippen molar-refractivity contribution in [1.82, 2.24) is 15.5 Å². The summed E-state index contributed by atoms with van der Waals surface area (Å²) in [7, 11) is 1.66. The van der Waals surface area contributed by atoms with Crippen LogP contribution < -0.4 is 10.6 Å². The SMILES string of the molecule is CNC(=O)CN1CCC(NC(=O)[C@H]2C[C@H]2c2cccc(C)c2)CC1. The van der Waals surface area contributed by atoms with E-state index >= 15 is 0 Å². The van der Waals surface area contributed by atoms with Crippen molar-refractivity contribution in [2.75, 3.05) is 26.7 Å². The molecular formula is C19H27N3O2. The van der Waals surface area contributed by atoms with E-state index in [4.69, 9.17) is 0 Å². The second-order valence-corrected chi connectivity index (χ2v) is 7.10. The van der Waals surface area contributed by atoms with Gasteiger partial charge in [0, 0.05) is 32.1 Å². The zero-order valence-corrected chi connectivity index (χ0v) is 14.5. The van der Waals surface area contributed by atoms with Gasteiger partial charge in [0.2, 0.25) is 11.8 Å². The fourth-order valence-electron chi connectivity index (χ4n) is 3.58. The molecule has 1 saturated heterocycles. The lowest BCUT2D eigenvalue weighted by atomic mass is 10.0. The first kappa shape index (κ1) is 17.0. The predicted molar refractivity (Wildman–Crippen MR) is 93.7 cm³/mol. The molecule has 0 bridgehead atoms. The number of aryl methyl sites for hydroxylation is 1. The molecular weight excluding hydrogens is 302 g/mol. The maximum absolute atomic E-state index is 12.5. The summed E-state index contributed by atoms with van der Waals surface area (Å²) >= 11 is 0. The summed E-state index contributed by atoms with van der Waals surface area (Å²) < 4.78 is 0. The number of amides is 2. The van der Waals surface area contributed by atoms with E-state index in [0.717, 1.165) is 32.4 Å². The first-order valence-electron chi connectivity index (χ1n) is 8.86. The van der Waals surface area contributed by atoms with Crippen LogP contribution in [-0.2, 0) is 9.59 Å². The molecule has 1 aliphatic carbocycles. The molecule has 1 aromatic rings. The quantitative estimate of drug-likeness (QED) is 0.859. The second kappa shape index (κ2) is 7.34. The van der Waals surface area contributed by atoms with Gasteiger partial charge in [-0.3, -0.25) is 14.5 Å². The van der Waals surface area contributed by atoms with E-state index in [1.807, 2.05) is 0 Å². The van der Waals surface area contributed by atoms with E-state index in [1.54, 1.807) is 7.05 Å². The molecule has 2 atom stereocenters. The lowest BCUT2D eigenvalue weighted by Crippen LogP contribution is -2.47. The molecule has 0 spiro atoms. The number of piperidine rings is 1. The number of nitrogens with one attached hydrogen (secondary N) is 2. The molecule has 2 N–H and O–H groups in total. The summed E-state index contributed by atoms with van der Waals surface area (Å²) in [6.07, 6.45) is 2.81. The molecule has 1 saturated carbocycles. The Morgan fingerprint density at radius 1 is 1.25 bits per heavy atom. The monoisotopic (exact) mass is 329 g/mol. The van der Waals surface area contributed by atoms with Crippen LogP contribution in [0.5, 0.6) is 0 Å². The Hall–Kier alpha value is -1.88. The molecule has 130 valence electrons. The van der Waals surface area contributed by atoms with Gasteiger partial charge >= 0.3 is 0 Å². The third-order valence-corrected chi connectivity index (χ3v) is 5.18. The van der Waals surface area contributed by atoms with E-state index < -0.39 is 0 Å². The van der Waals surface area contributed by atoms with Gasteiger partial charge in [-0.15, -0.1) is 0 Å². The summed E-state index contributed by atoms with van der Waals surface area (Å²) in [5, 5.41) is 5.87. The molecule has 0 radical (unpaired) electrons. The number of benzene rings is 1. The Morgan fingerprint density at radius 2 is 2.00 bits per heavy atom. The van der Waals surface area contributed by atoms with Crippen molar-refractivity contribution in [1.29, 1.82) is 0 Å². The first-order valence-corrected chi connectivity index (χ1v) is 8.86. The smallest absolute Gasteiger partial charge is 0.233 e. The van der Waals surface area contributed by atoms with Crippen LogP contribution in [-0.4, -0.2) is 49.4 Å². The molecule has 1 aromatic carbocycles. The summed E-state index contributed by atoms with van der Waals surface area (Å²) in [5.41, 5.74) is 2.54. The summed E-state index contributed by atoms with van der Waals surface area (Å²) in [6, 6.07) is 8.72. The van der Waals surface area contributed by atoms with Crippen molar-refractivity contribution in [3.05, 3.63) is 35.4 Å². The molecule has 2 aliphatic rings. The van der Waals surface area contributed by atoms with Gasteiger partial charge in [0.15, 0.2) is 0 Å². The first-order chi connectivity index (χ1) is 11.6. The number of carbonyl (C=O) groups is 2. The van der Waals surface area contributed by atoms with E-state index in [2.05, 4.69) is 46.7 Å². The van der Waals surface area contributed by atoms with Gasteiger partial charge in [0.25, 0.3) is 0 Å². The Balaban J connectivity index is 1.43. The average Bonchev–Trinajstić information content (AvgIpc) is 3.37. The van der Waals surface area contributed by atoms with Crippen molar-refractivity contribution in [2.24, 2.45) is 5.92 Å². The molecule has 0 aromatic heterocycles. The fraction of sp³-hybridized carbons (Fsp3) is 0.579. The van der Waals surface area contributed by atoms with Crippen LogP contribution >= 0.6 is 0 Å². The normalized spacial score (nSPS) is 24.4. The third-order valence-electron chi connectivity index (χ3n) is 5.18. The summed E-state index contributed by atoms with van der Waals surface area (Å²) in [5.74, 6) is 0.775. The number of hydrogen-bond acceptors (Lipinski definition) is 3. The van der Waals surface area contributed by atoms with Crippen molar-refractivity contribution in [2.45, 2.75) is 38.1 Å². The highest BCUT2D eigenvalue weighted by atomic mass is 16.2. The number of carbonyl (C=O) groups excluding carboxylic acids is 2. The molecule has 2 amide bonds. The maximum atomic E-state index is 12.5. The van der Waals surface area contributed by atoms with Gasteiger partial charge in [-0.1, -0.05) is 29.8 Å². The van der Waals surface area contributed by atoms with Gasteiger partial charge < -0.3 is 10.6 Å². The predicted octanol–water partition coefficient (Wildman–Crippen LogP) is 1.43. The molecule has 5 heteroatoms. The highest BCUT2D eigenvalue weighted by Gasteiger charge is 2.44. The van der Waals surface area contributed by atoms with Gasteiger partial charge in [0.05, 0.1) is 6.54 Å². The highest BCUT2D eigenvalue weighted by molar-refractivity contribution is 5.83. The van der Waals surface area contributed by atoms with Gasteiger partial charge in [0.1, 0.15) is 0 Å². The van der Waals surface area contributed by atoms with Crippen molar-refractivity contribution < 1.29 is 9.59 Å². The van der Waals surface area contributed by atoms with Crippen molar-refractivity contribution >= 4 is 11.8 Å². The summed E-state index contributed by atoms with van der Waals surface area (Å²) in [6.45, 7) is 4.28. The second-order valence-electron chi connectivity index (χ2n) is 7.10. The van der Waals surface area contributed by atoms with E-state index in [0.29, 0.717) is 12.5 Å². The van der Waals surface area contributed by atoms with E-state index in [1.165, 1.54) is 11.1 Å². The van der Waals surface area contributed by atoms with E-state index in [-0.39, 0.29) is 23.8 Å². The summed E-state index contributed by atoms with van der Waals surface area (Å²) in [4.78, 5) is 26.0. The highest BCUT2D eigenvalue weighted by Crippen LogP contribution is 2.47. The molecule has 1 aliphatic heterocycles. The van der Waals surface area contributed by atoms with Gasteiger partial charge in [-0.25, -0.2) is 0 Å². The van der Waals surface area contributed by atoms with Crippen LogP contribution in [0, 0.1) is 12.8 Å². The third kappa shape index (κ3) is 4.15. The molecule has 5 nitrogen and oxygen atoms in total.